The van der Waals surface area contributed by atoms with Crippen LogP contribution in [0, 0.1) is 16.0 Å². The number of benzene rings is 2. The van der Waals surface area contributed by atoms with Crippen molar-refractivity contribution in [3.8, 4) is 23.0 Å². The molecule has 0 saturated carbocycles. The van der Waals surface area contributed by atoms with Gasteiger partial charge in [-0.1, -0.05) is 18.5 Å². The van der Waals surface area contributed by atoms with Gasteiger partial charge >= 0.3 is 0 Å². The lowest BCUT2D eigenvalue weighted by molar-refractivity contribution is -0.384. The number of phenols is 1. The van der Waals surface area contributed by atoms with Crippen molar-refractivity contribution in [2.75, 3.05) is 19.5 Å². The number of ether oxygens (including phenoxy) is 3. The molecule has 0 amide bonds. The number of hydrogen-bond donors (Lipinski definition) is 2. The Kier molecular flexibility index (Phi) is 5.41. The van der Waals surface area contributed by atoms with E-state index in [2.05, 4.69) is 5.32 Å². The van der Waals surface area contributed by atoms with Crippen molar-refractivity contribution in [2.24, 2.45) is 5.92 Å². The summed E-state index contributed by atoms with van der Waals surface area (Å²) in [7, 11) is 2.78. The monoisotopic (exact) mass is 474 g/mol. The maximum absolute atomic E-state index is 13.5. The number of nitrogens with one attached hydrogen (secondary N) is 1. The minimum atomic E-state index is -1.85. The molecule has 2 N–H and O–H groups in total. The zero-order chi connectivity index (χ0) is 24.1. The van der Waals surface area contributed by atoms with Crippen molar-refractivity contribution in [3.63, 3.8) is 0 Å². The summed E-state index contributed by atoms with van der Waals surface area (Å²) in [5.41, 5.74) is -1.60. The Bertz CT molecular complexity index is 1240. The Labute approximate surface area is 192 Å². The zero-order valence-electron chi connectivity index (χ0n) is 17.8. The molecular weight excluding hydrogens is 456 g/mol. The van der Waals surface area contributed by atoms with Crippen LogP contribution in [-0.4, -0.2) is 41.4 Å². The molecule has 2 atom stereocenters. The fourth-order valence-electron chi connectivity index (χ4n) is 4.13. The van der Waals surface area contributed by atoms with Gasteiger partial charge in [0.1, 0.15) is 27.8 Å². The Morgan fingerprint density at radius 2 is 1.94 bits per heavy atom. The molecule has 10 nitrogen and oxygen atoms in total. The first kappa shape index (κ1) is 22.4. The number of carbonyl (C=O) groups is 2. The fraction of sp³-hybridized carbons (Fsp3) is 0.273. The number of anilines is 1. The maximum atomic E-state index is 13.5. The fourth-order valence-corrected chi connectivity index (χ4v) is 4.39. The number of methoxy groups -OCH3 is 2. The number of nitro groups is 1. The van der Waals surface area contributed by atoms with Gasteiger partial charge in [0.15, 0.2) is 5.75 Å². The number of nitrogens with zero attached hydrogens (tertiary/aromatic N) is 1. The molecule has 11 heteroatoms. The van der Waals surface area contributed by atoms with Crippen LogP contribution >= 0.6 is 11.6 Å². The molecule has 0 bridgehead atoms. The number of ketones is 2. The number of rotatable bonds is 5. The predicted octanol–water partition coefficient (Wildman–Crippen LogP) is 3.89. The molecule has 0 aromatic heterocycles. The number of halogens is 1. The lowest BCUT2D eigenvalue weighted by Gasteiger charge is -2.35. The largest absolute Gasteiger partial charge is 0.506 e. The summed E-state index contributed by atoms with van der Waals surface area (Å²) in [6.07, 6.45) is 1.37. The number of aromatic hydroxyl groups is 1. The van der Waals surface area contributed by atoms with Gasteiger partial charge in [0.2, 0.25) is 17.2 Å². The van der Waals surface area contributed by atoms with Gasteiger partial charge in [0.25, 0.3) is 5.69 Å². The van der Waals surface area contributed by atoms with E-state index in [0.29, 0.717) is 5.70 Å². The van der Waals surface area contributed by atoms with Crippen molar-refractivity contribution in [3.05, 3.63) is 56.7 Å². The summed E-state index contributed by atoms with van der Waals surface area (Å²) in [6.45, 7) is 1.67. The van der Waals surface area contributed by atoms with Crippen LogP contribution < -0.4 is 19.5 Å². The van der Waals surface area contributed by atoms with Crippen LogP contribution in [0.3, 0.4) is 0 Å². The van der Waals surface area contributed by atoms with Crippen molar-refractivity contribution in [1.82, 2.24) is 0 Å². The van der Waals surface area contributed by atoms with Crippen molar-refractivity contribution < 1.29 is 33.8 Å². The zero-order valence-corrected chi connectivity index (χ0v) is 18.6. The average Bonchev–Trinajstić information content (AvgIpc) is 3.09. The molecule has 0 saturated heterocycles. The standard InChI is InChI=1S/C22H19ClN2O8/c1-10-6-11(24-13-8-12(25(29)30)4-5-14(13)26)7-17(27)22(10)21(28)18-15(31-2)9-16(32-3)19(23)20(18)33-22/h4-5,7-10,24,26H,6H2,1-3H3. The number of non-ortho nitro benzene ring substituents is 1. The highest BCUT2D eigenvalue weighted by atomic mass is 35.5. The van der Waals surface area contributed by atoms with Gasteiger partial charge in [-0.2, -0.15) is 0 Å². The molecular formula is C22H19ClN2O8. The predicted molar refractivity (Wildman–Crippen MR) is 118 cm³/mol. The summed E-state index contributed by atoms with van der Waals surface area (Å²) in [5.74, 6) is -1.68. The molecule has 2 aliphatic rings. The minimum absolute atomic E-state index is 0.0132. The summed E-state index contributed by atoms with van der Waals surface area (Å²) in [5, 5.41) is 24.0. The van der Waals surface area contributed by atoms with E-state index in [1.807, 2.05) is 0 Å². The third kappa shape index (κ3) is 3.34. The number of fused-ring (bicyclic) bond motifs is 1. The van der Waals surface area contributed by atoms with Gasteiger partial charge in [-0.05, 0) is 12.5 Å². The van der Waals surface area contributed by atoms with Crippen LogP contribution in [0.2, 0.25) is 5.02 Å². The van der Waals surface area contributed by atoms with Crippen LogP contribution in [0.25, 0.3) is 0 Å². The average molecular weight is 475 g/mol. The molecule has 4 rings (SSSR count). The van der Waals surface area contributed by atoms with Crippen molar-refractivity contribution in [1.29, 1.82) is 0 Å². The van der Waals surface area contributed by atoms with E-state index in [1.54, 1.807) is 6.92 Å². The van der Waals surface area contributed by atoms with Gasteiger partial charge in [-0.3, -0.25) is 19.7 Å². The molecule has 0 fully saturated rings. The van der Waals surface area contributed by atoms with E-state index in [0.717, 1.165) is 12.1 Å². The van der Waals surface area contributed by atoms with Crippen molar-refractivity contribution >= 4 is 34.5 Å². The molecule has 33 heavy (non-hydrogen) atoms. The quantitative estimate of drug-likeness (QED) is 0.286. The molecule has 2 aromatic carbocycles. The van der Waals surface area contributed by atoms with Crippen molar-refractivity contribution in [2.45, 2.75) is 18.9 Å². The van der Waals surface area contributed by atoms with Crippen LogP contribution in [-0.2, 0) is 4.79 Å². The van der Waals surface area contributed by atoms with E-state index < -0.39 is 28.0 Å². The first-order valence-corrected chi connectivity index (χ1v) is 10.2. The highest BCUT2D eigenvalue weighted by Gasteiger charge is 2.60. The topological polar surface area (TPSA) is 137 Å². The highest BCUT2D eigenvalue weighted by Crippen LogP contribution is 2.53. The van der Waals surface area contributed by atoms with E-state index in [9.17, 15) is 24.8 Å². The Hall–Kier alpha value is -3.79. The third-order valence-corrected chi connectivity index (χ3v) is 6.15. The van der Waals surface area contributed by atoms with E-state index in [4.69, 9.17) is 25.8 Å². The minimum Gasteiger partial charge on any atom is -0.506 e. The molecule has 0 radical (unpaired) electrons. The first-order chi connectivity index (χ1) is 15.6. The highest BCUT2D eigenvalue weighted by molar-refractivity contribution is 6.36. The van der Waals surface area contributed by atoms with Gasteiger partial charge in [0, 0.05) is 35.9 Å². The Balaban J connectivity index is 1.72. The van der Waals surface area contributed by atoms with Gasteiger partial charge in [-0.25, -0.2) is 0 Å². The molecule has 2 aromatic rings. The lowest BCUT2D eigenvalue weighted by atomic mass is 9.74. The number of nitro benzene ring substituents is 1. The molecule has 1 spiro atoms. The van der Waals surface area contributed by atoms with Gasteiger partial charge in [0.05, 0.1) is 24.8 Å². The molecule has 1 heterocycles. The summed E-state index contributed by atoms with van der Waals surface area (Å²) >= 11 is 6.36. The van der Waals surface area contributed by atoms with Gasteiger partial charge in [-0.15, -0.1) is 0 Å². The lowest BCUT2D eigenvalue weighted by Crippen LogP contribution is -2.55. The second kappa shape index (κ2) is 7.96. The second-order valence-corrected chi connectivity index (χ2v) is 8.07. The summed E-state index contributed by atoms with van der Waals surface area (Å²) < 4.78 is 16.5. The molecule has 172 valence electrons. The van der Waals surface area contributed by atoms with Crippen LogP contribution in [0.15, 0.2) is 36.0 Å². The first-order valence-electron chi connectivity index (χ1n) is 9.81. The second-order valence-electron chi connectivity index (χ2n) is 7.69. The van der Waals surface area contributed by atoms with E-state index in [1.165, 1.54) is 32.4 Å². The van der Waals surface area contributed by atoms with Crippen LogP contribution in [0.1, 0.15) is 23.7 Å². The number of allylic oxidation sites excluding steroid dienone is 1. The number of phenolic OH excluding ortho intramolecular Hbond substituents is 1. The third-order valence-electron chi connectivity index (χ3n) is 5.80. The molecule has 1 aliphatic carbocycles. The SMILES string of the molecule is COc1cc(OC)c2c(c1Cl)OC1(C(=O)C=C(Nc3cc([N+](=O)[O-])ccc3O)CC1C)C2=O. The van der Waals surface area contributed by atoms with Crippen LogP contribution in [0.5, 0.6) is 23.0 Å². The number of carbonyl (C=O) groups excluding carboxylic acids is 2. The maximum Gasteiger partial charge on any atom is 0.271 e. The van der Waals surface area contributed by atoms with E-state index in [-0.39, 0.29) is 51.4 Å². The Morgan fingerprint density at radius 1 is 1.24 bits per heavy atom. The normalized spacial score (nSPS) is 21.3. The Morgan fingerprint density at radius 3 is 2.55 bits per heavy atom. The summed E-state index contributed by atoms with van der Waals surface area (Å²) in [4.78, 5) is 37.2. The number of Topliss-reactive ketones (excluding diaryl/α,β-unsaturated/α-hetero) is 1. The summed E-state index contributed by atoms with van der Waals surface area (Å²) in [6, 6.07) is 4.94. The number of hydrogen-bond acceptors (Lipinski definition) is 9. The van der Waals surface area contributed by atoms with E-state index >= 15 is 0 Å². The molecule has 2 unspecified atom stereocenters. The van der Waals surface area contributed by atoms with Gasteiger partial charge < -0.3 is 24.6 Å². The smallest absolute Gasteiger partial charge is 0.271 e. The molecule has 1 aliphatic heterocycles. The van der Waals surface area contributed by atoms with Crippen LogP contribution in [0.4, 0.5) is 11.4 Å².